The Hall–Kier alpha value is -3.16. The van der Waals surface area contributed by atoms with Crippen LogP contribution >= 0.6 is 0 Å². The monoisotopic (exact) mass is 413 g/mol. The number of amides is 1. The Bertz CT molecular complexity index is 959. The van der Waals surface area contributed by atoms with E-state index in [0.717, 1.165) is 32.4 Å². The fourth-order valence-corrected chi connectivity index (χ4v) is 3.79. The molecule has 2 aliphatic rings. The quantitative estimate of drug-likeness (QED) is 0.714. The maximum atomic E-state index is 14.5. The Balaban J connectivity index is 1.59. The molecule has 3 heterocycles. The lowest BCUT2D eigenvalue weighted by molar-refractivity contribution is 0.0520. The molecule has 158 valence electrons. The van der Waals surface area contributed by atoms with Crippen molar-refractivity contribution in [1.82, 2.24) is 9.88 Å². The number of hydrogen-bond donors (Lipinski definition) is 0. The highest BCUT2D eigenvalue weighted by atomic mass is 19.1. The van der Waals surface area contributed by atoms with Gasteiger partial charge in [0.05, 0.1) is 24.3 Å². The lowest BCUT2D eigenvalue weighted by Crippen LogP contribution is -2.36. The predicted octanol–water partition coefficient (Wildman–Crippen LogP) is 3.55. The Labute approximate surface area is 174 Å². The highest BCUT2D eigenvalue weighted by Gasteiger charge is 2.26. The van der Waals surface area contributed by atoms with E-state index in [-0.39, 0.29) is 18.1 Å². The third-order valence-electron chi connectivity index (χ3n) is 5.31. The highest BCUT2D eigenvalue weighted by molar-refractivity contribution is 5.95. The molecule has 0 aliphatic carbocycles. The summed E-state index contributed by atoms with van der Waals surface area (Å²) in [5.41, 5.74) is 0.929. The summed E-state index contributed by atoms with van der Waals surface area (Å²) < 4.78 is 25.1. The van der Waals surface area contributed by atoms with Gasteiger partial charge in [0.2, 0.25) is 0 Å². The van der Waals surface area contributed by atoms with E-state index in [4.69, 9.17) is 9.47 Å². The van der Waals surface area contributed by atoms with Crippen molar-refractivity contribution in [2.24, 2.45) is 0 Å². The van der Waals surface area contributed by atoms with E-state index >= 15 is 0 Å². The first-order chi connectivity index (χ1) is 14.6. The van der Waals surface area contributed by atoms with Crippen molar-refractivity contribution in [3.8, 4) is 5.75 Å². The van der Waals surface area contributed by atoms with Crippen LogP contribution in [0.5, 0.6) is 5.75 Å². The van der Waals surface area contributed by atoms with Gasteiger partial charge in [0.25, 0.3) is 5.91 Å². The van der Waals surface area contributed by atoms with Crippen LogP contribution in [0.25, 0.3) is 0 Å². The number of anilines is 2. The van der Waals surface area contributed by atoms with E-state index < -0.39 is 11.8 Å². The molecule has 1 amide bonds. The Morgan fingerprint density at radius 1 is 1.17 bits per heavy atom. The molecule has 0 unspecified atom stereocenters. The molecule has 1 aromatic carbocycles. The molecule has 1 saturated heterocycles. The summed E-state index contributed by atoms with van der Waals surface area (Å²) in [5.74, 6) is -0.395. The minimum atomic E-state index is -0.692. The number of likely N-dealkylation sites (tertiary alicyclic amines) is 1. The van der Waals surface area contributed by atoms with Crippen LogP contribution < -0.4 is 9.64 Å². The predicted molar refractivity (Wildman–Crippen MR) is 109 cm³/mol. The number of aromatic nitrogens is 1. The van der Waals surface area contributed by atoms with Gasteiger partial charge in [-0.05, 0) is 50.5 Å². The van der Waals surface area contributed by atoms with Crippen LogP contribution in [0.15, 0.2) is 30.5 Å². The van der Waals surface area contributed by atoms with E-state index in [1.165, 1.54) is 12.1 Å². The summed E-state index contributed by atoms with van der Waals surface area (Å²) in [5, 5.41) is 0. The first-order valence-electron chi connectivity index (χ1n) is 10.2. The summed E-state index contributed by atoms with van der Waals surface area (Å²) >= 11 is 0. The van der Waals surface area contributed by atoms with Crippen LogP contribution in [-0.2, 0) is 4.74 Å². The number of carbonyl (C=O) groups excluding carboxylic acids is 2. The van der Waals surface area contributed by atoms with Crippen LogP contribution in [0.4, 0.5) is 15.9 Å². The molecule has 1 fully saturated rings. The van der Waals surface area contributed by atoms with Crippen molar-refractivity contribution >= 4 is 23.4 Å². The van der Waals surface area contributed by atoms with Crippen molar-refractivity contribution in [2.45, 2.75) is 26.2 Å². The van der Waals surface area contributed by atoms with Crippen molar-refractivity contribution in [2.75, 3.05) is 37.7 Å². The number of fused-ring (bicyclic) bond motifs is 1. The molecule has 1 aromatic heterocycles. The zero-order chi connectivity index (χ0) is 21.1. The van der Waals surface area contributed by atoms with Crippen LogP contribution in [0.1, 0.15) is 46.9 Å². The second-order valence-electron chi connectivity index (χ2n) is 7.28. The molecule has 7 nitrogen and oxygen atoms in total. The maximum Gasteiger partial charge on any atom is 0.341 e. The van der Waals surface area contributed by atoms with Gasteiger partial charge in [-0.2, -0.15) is 0 Å². The number of nitrogens with zero attached hydrogens (tertiary/aromatic N) is 3. The second kappa shape index (κ2) is 8.69. The Morgan fingerprint density at radius 2 is 1.97 bits per heavy atom. The van der Waals surface area contributed by atoms with Gasteiger partial charge in [-0.15, -0.1) is 0 Å². The molecule has 2 aromatic rings. The summed E-state index contributed by atoms with van der Waals surface area (Å²) in [7, 11) is 0. The third-order valence-corrected chi connectivity index (χ3v) is 5.31. The van der Waals surface area contributed by atoms with Gasteiger partial charge < -0.3 is 19.3 Å². The van der Waals surface area contributed by atoms with E-state index in [0.29, 0.717) is 36.0 Å². The fourth-order valence-electron chi connectivity index (χ4n) is 3.79. The van der Waals surface area contributed by atoms with E-state index in [1.807, 2.05) is 9.80 Å². The molecular formula is C22H24FN3O4. The standard InChI is InChI=1S/C22H24FN3O4/c1-2-29-22(28)17-7-6-16(13-18(17)23)26-10-11-30-19-12-15(14-24-20(19)26)21(27)25-8-4-3-5-9-25/h6-7,12-14H,2-5,8-11H2,1H3. The van der Waals surface area contributed by atoms with Crippen LogP contribution in [0.3, 0.4) is 0 Å². The molecule has 0 N–H and O–H groups in total. The molecule has 0 saturated carbocycles. The molecule has 0 atom stereocenters. The average Bonchev–Trinajstić information content (AvgIpc) is 2.78. The fraction of sp³-hybridized carbons (Fsp3) is 0.409. The molecule has 2 aliphatic heterocycles. The minimum absolute atomic E-state index is 0.0458. The molecule has 8 heteroatoms. The SMILES string of the molecule is CCOC(=O)c1ccc(N2CCOc3cc(C(=O)N4CCCCC4)cnc32)cc1F. The molecular weight excluding hydrogens is 389 g/mol. The summed E-state index contributed by atoms with van der Waals surface area (Å²) in [4.78, 5) is 32.7. The number of piperidine rings is 1. The highest BCUT2D eigenvalue weighted by Crippen LogP contribution is 2.36. The molecule has 30 heavy (non-hydrogen) atoms. The number of pyridine rings is 1. The molecule has 0 bridgehead atoms. The van der Waals surface area contributed by atoms with Gasteiger partial charge in [-0.1, -0.05) is 0 Å². The van der Waals surface area contributed by atoms with Crippen molar-refractivity contribution in [3.63, 3.8) is 0 Å². The second-order valence-corrected chi connectivity index (χ2v) is 7.28. The van der Waals surface area contributed by atoms with E-state index in [2.05, 4.69) is 4.98 Å². The average molecular weight is 413 g/mol. The van der Waals surface area contributed by atoms with E-state index in [1.54, 1.807) is 25.3 Å². The number of ether oxygens (including phenoxy) is 2. The third kappa shape index (κ3) is 3.94. The van der Waals surface area contributed by atoms with Gasteiger partial charge in [-0.25, -0.2) is 14.2 Å². The summed E-state index contributed by atoms with van der Waals surface area (Å²) in [6, 6.07) is 6.05. The number of hydrogen-bond acceptors (Lipinski definition) is 6. The van der Waals surface area contributed by atoms with Crippen molar-refractivity contribution < 1.29 is 23.5 Å². The van der Waals surface area contributed by atoms with Crippen molar-refractivity contribution in [3.05, 3.63) is 47.4 Å². The number of rotatable bonds is 4. The van der Waals surface area contributed by atoms with Crippen LogP contribution in [-0.4, -0.2) is 54.6 Å². The van der Waals surface area contributed by atoms with Gasteiger partial charge >= 0.3 is 5.97 Å². The normalized spacial score (nSPS) is 15.9. The number of esters is 1. The maximum absolute atomic E-state index is 14.5. The van der Waals surface area contributed by atoms with Crippen LogP contribution in [0.2, 0.25) is 0 Å². The zero-order valence-corrected chi connectivity index (χ0v) is 16.9. The van der Waals surface area contributed by atoms with Gasteiger partial charge in [0.15, 0.2) is 11.6 Å². The lowest BCUT2D eigenvalue weighted by Gasteiger charge is -2.31. The van der Waals surface area contributed by atoms with E-state index in [9.17, 15) is 14.0 Å². The summed E-state index contributed by atoms with van der Waals surface area (Å²) in [6.07, 6.45) is 4.72. The van der Waals surface area contributed by atoms with Gasteiger partial charge in [0.1, 0.15) is 12.4 Å². The first kappa shape index (κ1) is 20.1. The summed E-state index contributed by atoms with van der Waals surface area (Å²) in [6.45, 7) is 4.21. The number of benzene rings is 1. The van der Waals surface area contributed by atoms with Gasteiger partial charge in [0, 0.05) is 25.0 Å². The van der Waals surface area contributed by atoms with Crippen LogP contribution in [0, 0.1) is 5.82 Å². The molecule has 4 rings (SSSR count). The number of carbonyl (C=O) groups is 2. The largest absolute Gasteiger partial charge is 0.488 e. The zero-order valence-electron chi connectivity index (χ0n) is 16.9. The smallest absolute Gasteiger partial charge is 0.341 e. The Kier molecular flexibility index (Phi) is 5.83. The molecule has 0 spiro atoms. The first-order valence-corrected chi connectivity index (χ1v) is 10.2. The van der Waals surface area contributed by atoms with Gasteiger partial charge in [-0.3, -0.25) is 4.79 Å². The number of halogens is 1. The minimum Gasteiger partial charge on any atom is -0.488 e. The lowest BCUT2D eigenvalue weighted by atomic mass is 10.1. The Morgan fingerprint density at radius 3 is 2.70 bits per heavy atom. The topological polar surface area (TPSA) is 72.0 Å². The van der Waals surface area contributed by atoms with Crippen molar-refractivity contribution in [1.29, 1.82) is 0 Å². The molecule has 0 radical (unpaired) electrons.